The highest BCUT2D eigenvalue weighted by Gasteiger charge is 2.20. The molecule has 0 aromatic carbocycles. The van der Waals surface area contributed by atoms with Gasteiger partial charge in [-0.05, 0) is 31.3 Å². The monoisotopic (exact) mass is 197 g/mol. The van der Waals surface area contributed by atoms with Crippen molar-refractivity contribution in [2.24, 2.45) is 5.92 Å². The standard InChI is InChI=1S/C11H16ClN/c1-9-4-5-10(12)11(8-9)13-6-2-3-7-13/h4-5,9H,2-3,6-8H2,1H3. The fourth-order valence-corrected chi connectivity index (χ4v) is 2.35. The van der Waals surface area contributed by atoms with Gasteiger partial charge in [-0.15, -0.1) is 0 Å². The number of likely N-dealkylation sites (tertiary alicyclic amines) is 1. The van der Waals surface area contributed by atoms with Crippen LogP contribution in [0.25, 0.3) is 0 Å². The first kappa shape index (κ1) is 9.14. The van der Waals surface area contributed by atoms with Gasteiger partial charge in [-0.25, -0.2) is 0 Å². The molecule has 0 amide bonds. The Morgan fingerprint density at radius 2 is 2.08 bits per heavy atom. The lowest BCUT2D eigenvalue weighted by Crippen LogP contribution is -2.22. The smallest absolute Gasteiger partial charge is 0.0594 e. The van der Waals surface area contributed by atoms with E-state index in [0.29, 0.717) is 5.92 Å². The van der Waals surface area contributed by atoms with Gasteiger partial charge in [0.25, 0.3) is 0 Å². The maximum absolute atomic E-state index is 6.18. The Bertz CT molecular complexity index is 249. The van der Waals surface area contributed by atoms with Gasteiger partial charge in [0.2, 0.25) is 0 Å². The lowest BCUT2D eigenvalue weighted by molar-refractivity contribution is 0.392. The summed E-state index contributed by atoms with van der Waals surface area (Å²) in [4.78, 5) is 2.45. The second-order valence-electron chi connectivity index (χ2n) is 4.03. The van der Waals surface area contributed by atoms with Crippen LogP contribution in [0, 0.1) is 5.92 Å². The molecule has 1 fully saturated rings. The summed E-state index contributed by atoms with van der Waals surface area (Å²) in [6.45, 7) is 4.65. The molecular weight excluding hydrogens is 182 g/mol. The van der Waals surface area contributed by atoms with Crippen molar-refractivity contribution in [1.29, 1.82) is 0 Å². The summed E-state index contributed by atoms with van der Waals surface area (Å²) in [6, 6.07) is 0. The summed E-state index contributed by atoms with van der Waals surface area (Å²) in [5, 5.41) is 0.958. The zero-order chi connectivity index (χ0) is 9.26. The zero-order valence-corrected chi connectivity index (χ0v) is 8.85. The van der Waals surface area contributed by atoms with Crippen molar-refractivity contribution in [1.82, 2.24) is 4.90 Å². The third kappa shape index (κ3) is 1.91. The number of allylic oxidation sites excluding steroid dienone is 4. The van der Waals surface area contributed by atoms with Crippen LogP contribution in [0.3, 0.4) is 0 Å². The Hall–Kier alpha value is -0.430. The Labute approximate surface area is 85.1 Å². The van der Waals surface area contributed by atoms with E-state index in [9.17, 15) is 0 Å². The predicted molar refractivity (Wildman–Crippen MR) is 56.6 cm³/mol. The molecule has 1 saturated heterocycles. The molecule has 0 saturated carbocycles. The van der Waals surface area contributed by atoms with Crippen LogP contribution in [-0.4, -0.2) is 18.0 Å². The van der Waals surface area contributed by atoms with Crippen LogP contribution in [0.2, 0.25) is 0 Å². The molecule has 0 radical (unpaired) electrons. The van der Waals surface area contributed by atoms with Crippen molar-refractivity contribution in [3.63, 3.8) is 0 Å². The van der Waals surface area contributed by atoms with Crippen molar-refractivity contribution in [2.45, 2.75) is 26.2 Å². The minimum atomic E-state index is 0.651. The van der Waals surface area contributed by atoms with E-state index in [1.165, 1.54) is 31.6 Å². The van der Waals surface area contributed by atoms with E-state index < -0.39 is 0 Å². The third-order valence-electron chi connectivity index (χ3n) is 2.85. The minimum Gasteiger partial charge on any atom is -0.374 e. The molecule has 0 aromatic rings. The second kappa shape index (κ2) is 3.75. The van der Waals surface area contributed by atoms with E-state index in [-0.39, 0.29) is 0 Å². The van der Waals surface area contributed by atoms with Crippen molar-refractivity contribution in [3.05, 3.63) is 22.9 Å². The van der Waals surface area contributed by atoms with Gasteiger partial charge >= 0.3 is 0 Å². The molecule has 1 atom stereocenters. The molecule has 1 unspecified atom stereocenters. The molecule has 72 valence electrons. The van der Waals surface area contributed by atoms with Crippen molar-refractivity contribution in [3.8, 4) is 0 Å². The molecular formula is C11H16ClN. The van der Waals surface area contributed by atoms with Crippen LogP contribution < -0.4 is 0 Å². The van der Waals surface area contributed by atoms with E-state index in [2.05, 4.69) is 24.0 Å². The Morgan fingerprint density at radius 3 is 2.77 bits per heavy atom. The zero-order valence-electron chi connectivity index (χ0n) is 8.09. The first-order valence-corrected chi connectivity index (χ1v) is 5.47. The van der Waals surface area contributed by atoms with Gasteiger partial charge in [-0.3, -0.25) is 0 Å². The van der Waals surface area contributed by atoms with Crippen molar-refractivity contribution < 1.29 is 0 Å². The molecule has 1 aliphatic carbocycles. The molecule has 0 bridgehead atoms. The Morgan fingerprint density at radius 1 is 1.38 bits per heavy atom. The summed E-state index contributed by atoms with van der Waals surface area (Å²) in [5.41, 5.74) is 1.37. The lowest BCUT2D eigenvalue weighted by atomic mass is 9.99. The normalized spacial score (nSPS) is 28.8. The van der Waals surface area contributed by atoms with Crippen molar-refractivity contribution >= 4 is 11.6 Å². The molecule has 0 aromatic heterocycles. The van der Waals surface area contributed by atoms with Crippen LogP contribution in [0.1, 0.15) is 26.2 Å². The number of nitrogens with zero attached hydrogens (tertiary/aromatic N) is 1. The van der Waals surface area contributed by atoms with Gasteiger partial charge in [0.15, 0.2) is 0 Å². The number of hydrogen-bond donors (Lipinski definition) is 0. The molecule has 1 nitrogen and oxygen atoms in total. The van der Waals surface area contributed by atoms with E-state index in [1.54, 1.807) is 0 Å². The van der Waals surface area contributed by atoms with Crippen molar-refractivity contribution in [2.75, 3.05) is 13.1 Å². The summed E-state index contributed by atoms with van der Waals surface area (Å²) in [5.74, 6) is 0.651. The average Bonchev–Trinajstić information content (AvgIpc) is 2.61. The summed E-state index contributed by atoms with van der Waals surface area (Å²) < 4.78 is 0. The SMILES string of the molecule is CC1C=CC(Cl)=C(N2CCCC2)C1. The Kier molecular flexibility index (Phi) is 2.63. The van der Waals surface area contributed by atoms with E-state index in [1.807, 2.05) is 0 Å². The molecule has 2 heteroatoms. The van der Waals surface area contributed by atoms with Gasteiger partial charge in [0.1, 0.15) is 0 Å². The molecule has 13 heavy (non-hydrogen) atoms. The molecule has 2 aliphatic rings. The maximum atomic E-state index is 6.18. The van der Waals surface area contributed by atoms with E-state index in [0.717, 1.165) is 11.5 Å². The summed E-state index contributed by atoms with van der Waals surface area (Å²) >= 11 is 6.18. The number of halogens is 1. The van der Waals surface area contributed by atoms with Crippen LogP contribution >= 0.6 is 11.6 Å². The number of hydrogen-bond acceptors (Lipinski definition) is 1. The van der Waals surface area contributed by atoms with Crippen LogP contribution in [-0.2, 0) is 0 Å². The topological polar surface area (TPSA) is 3.24 Å². The highest BCUT2D eigenvalue weighted by atomic mass is 35.5. The first-order chi connectivity index (χ1) is 6.27. The minimum absolute atomic E-state index is 0.651. The van der Waals surface area contributed by atoms with Crippen LogP contribution in [0.4, 0.5) is 0 Å². The highest BCUT2D eigenvalue weighted by Crippen LogP contribution is 2.30. The van der Waals surface area contributed by atoms with Gasteiger partial charge < -0.3 is 4.90 Å². The first-order valence-electron chi connectivity index (χ1n) is 5.09. The van der Waals surface area contributed by atoms with Crippen LogP contribution in [0.5, 0.6) is 0 Å². The lowest BCUT2D eigenvalue weighted by Gasteiger charge is -2.26. The summed E-state index contributed by atoms with van der Waals surface area (Å²) in [6.07, 6.45) is 8.03. The molecule has 0 spiro atoms. The highest BCUT2D eigenvalue weighted by molar-refractivity contribution is 6.31. The summed E-state index contributed by atoms with van der Waals surface area (Å²) in [7, 11) is 0. The second-order valence-corrected chi connectivity index (χ2v) is 4.44. The largest absolute Gasteiger partial charge is 0.374 e. The van der Waals surface area contributed by atoms with E-state index >= 15 is 0 Å². The quantitative estimate of drug-likeness (QED) is 0.625. The van der Waals surface area contributed by atoms with Gasteiger partial charge in [0, 0.05) is 18.8 Å². The van der Waals surface area contributed by atoms with Gasteiger partial charge in [-0.1, -0.05) is 24.6 Å². The number of rotatable bonds is 1. The Balaban J connectivity index is 2.15. The fraction of sp³-hybridized carbons (Fsp3) is 0.636. The van der Waals surface area contributed by atoms with Crippen LogP contribution in [0.15, 0.2) is 22.9 Å². The van der Waals surface area contributed by atoms with Gasteiger partial charge in [0.05, 0.1) is 5.03 Å². The van der Waals surface area contributed by atoms with Gasteiger partial charge in [-0.2, -0.15) is 0 Å². The molecule has 0 N–H and O–H groups in total. The van der Waals surface area contributed by atoms with E-state index in [4.69, 9.17) is 11.6 Å². The third-order valence-corrected chi connectivity index (χ3v) is 3.19. The molecule has 1 aliphatic heterocycles. The average molecular weight is 198 g/mol. The molecule has 1 heterocycles. The molecule has 2 rings (SSSR count). The predicted octanol–water partition coefficient (Wildman–Crippen LogP) is 3.13. The fourth-order valence-electron chi connectivity index (χ4n) is 2.08. The maximum Gasteiger partial charge on any atom is 0.0594 e.